The van der Waals surface area contributed by atoms with E-state index < -0.39 is 58.9 Å². The summed E-state index contributed by atoms with van der Waals surface area (Å²) in [5.41, 5.74) is 1.45. The number of fused-ring (bicyclic) bond motifs is 2. The molecule has 0 saturated heterocycles. The predicted octanol–water partition coefficient (Wildman–Crippen LogP) is 7.54. The van der Waals surface area contributed by atoms with E-state index in [-0.39, 0.29) is 97.3 Å². The molecule has 0 bridgehead atoms. The summed E-state index contributed by atoms with van der Waals surface area (Å²) in [5, 5.41) is 19.1. The Kier molecular flexibility index (Phi) is 19.8. The van der Waals surface area contributed by atoms with Crippen LogP contribution in [-0.4, -0.2) is 78.8 Å². The Labute approximate surface area is 439 Å². The first kappa shape index (κ1) is 59.4. The topological polar surface area (TPSA) is 221 Å². The molecule has 0 radical (unpaired) electrons. The smallest absolute Gasteiger partial charge is 0.442 e. The Morgan fingerprint density at radius 3 is 1.64 bits per heavy atom. The molecular formula is C49H51Cl2F6N9O10. The molecule has 76 heavy (non-hydrogen) atoms. The van der Waals surface area contributed by atoms with E-state index >= 15 is 0 Å². The van der Waals surface area contributed by atoms with Crippen molar-refractivity contribution in [3.05, 3.63) is 155 Å². The van der Waals surface area contributed by atoms with Crippen LogP contribution in [0.4, 0.5) is 32.2 Å². The number of aliphatic imine (C=N–C) groups is 1. The monoisotopic (exact) mass is 1110 g/mol. The second kappa shape index (κ2) is 25.4. The van der Waals surface area contributed by atoms with Gasteiger partial charge >= 0.3 is 30.1 Å². The zero-order chi connectivity index (χ0) is 54.9. The summed E-state index contributed by atoms with van der Waals surface area (Å²) >= 11 is 5.52. The van der Waals surface area contributed by atoms with Gasteiger partial charge in [0.15, 0.2) is 11.2 Å². The summed E-state index contributed by atoms with van der Waals surface area (Å²) in [5.74, 6) is -0.261. The molecule has 0 aliphatic carbocycles. The average molecular weight is 1110 g/mol. The van der Waals surface area contributed by atoms with Gasteiger partial charge in [0.2, 0.25) is 5.90 Å². The van der Waals surface area contributed by atoms with Crippen molar-refractivity contribution >= 4 is 46.9 Å². The molecule has 5 aromatic heterocycles. The van der Waals surface area contributed by atoms with Crippen molar-refractivity contribution in [1.29, 1.82) is 0 Å². The molecule has 8 rings (SSSR count). The number of alkyl halides is 7. The Hall–Kier alpha value is -7.48. The second-order valence-electron chi connectivity index (χ2n) is 17.0. The number of aryl methyl sites for hydroxylation is 3. The number of rotatable bonds is 14. The van der Waals surface area contributed by atoms with Gasteiger partial charge in [-0.15, -0.1) is 50.4 Å². The molecule has 1 aliphatic heterocycles. The summed E-state index contributed by atoms with van der Waals surface area (Å²) in [4.78, 5) is 68.3. The van der Waals surface area contributed by atoms with Gasteiger partial charge in [-0.25, -0.2) is 9.59 Å². The van der Waals surface area contributed by atoms with Crippen LogP contribution in [-0.2, 0) is 46.0 Å². The zero-order valence-corrected chi connectivity index (χ0v) is 43.0. The molecular weight excluding hydrogens is 1060 g/mol. The molecule has 408 valence electrons. The fraction of sp³-hybridized carbons (Fsp3) is 0.347. The largest absolute Gasteiger partial charge is 0.573 e. The molecule has 2 unspecified atom stereocenters. The zero-order valence-electron chi connectivity index (χ0n) is 41.4. The lowest BCUT2D eigenvalue weighted by Gasteiger charge is -2.12. The number of hydrogen-bond donors (Lipinski definition) is 2. The third-order valence-corrected chi connectivity index (χ3v) is 11.1. The van der Waals surface area contributed by atoms with E-state index in [1.54, 1.807) is 26.1 Å². The Balaban J connectivity index is 0.000000243. The van der Waals surface area contributed by atoms with Crippen LogP contribution in [0.2, 0.25) is 0 Å². The molecule has 2 aromatic carbocycles. The molecule has 7 aromatic rings. The van der Waals surface area contributed by atoms with Gasteiger partial charge in [0.1, 0.15) is 28.8 Å². The third kappa shape index (κ3) is 15.8. The van der Waals surface area contributed by atoms with Gasteiger partial charge < -0.3 is 29.2 Å². The molecule has 0 spiro atoms. The maximum Gasteiger partial charge on any atom is 0.573 e. The summed E-state index contributed by atoms with van der Waals surface area (Å²) in [6.07, 6.45) is -7.32. The van der Waals surface area contributed by atoms with Gasteiger partial charge in [-0.3, -0.25) is 42.4 Å². The van der Waals surface area contributed by atoms with Crippen LogP contribution >= 0.6 is 24.0 Å². The van der Waals surface area contributed by atoms with E-state index in [0.717, 1.165) is 44.7 Å². The first-order valence-electron chi connectivity index (χ1n) is 22.7. The summed E-state index contributed by atoms with van der Waals surface area (Å²) in [7, 11) is 2.88. The molecule has 27 heteroatoms. The van der Waals surface area contributed by atoms with Crippen LogP contribution in [0.25, 0.3) is 11.2 Å². The lowest BCUT2D eigenvalue weighted by molar-refractivity contribution is -0.275. The Morgan fingerprint density at radius 1 is 0.671 bits per heavy atom. The highest BCUT2D eigenvalue weighted by molar-refractivity contribution is 6.16. The molecule has 0 fully saturated rings. The van der Waals surface area contributed by atoms with E-state index in [0.29, 0.717) is 11.6 Å². The standard InChI is InChI=1S/C24H24F3N5O5.C18H18F3N3O5.C7H8ClN.ClH/c1-14-7-8-16(28-12-14)13-32-19-20(30(3)23(35)31(21(19)34)10-9-15(2)33)29-22(32)36-17-5-4-6-18(11-17)37-24(25,26)27;1-10(25)6-7-24-16(26)13-9-14(22-15(13)23(2)17(24)27)28-11-4-3-5-12(8-11)29-18(19,20)21;1-6-2-3-7(4-8)9-5-6;/h4-8,11-12,15,33H,9-10,13H2,1-3H3;3-5,8,10,25H,6-7,9H2,1-2H3;2-3,5H,4H2,1H3;1H. The molecule has 1 aliphatic rings. The number of aliphatic hydroxyl groups excluding tert-OH is 2. The van der Waals surface area contributed by atoms with Crippen LogP contribution in [0.15, 0.2) is 109 Å². The maximum absolute atomic E-state index is 13.4. The molecule has 2 atom stereocenters. The quantitative estimate of drug-likeness (QED) is 0.0795. The van der Waals surface area contributed by atoms with Crippen LogP contribution in [0, 0.1) is 13.8 Å². The van der Waals surface area contributed by atoms with Crippen molar-refractivity contribution in [3.8, 4) is 29.0 Å². The minimum Gasteiger partial charge on any atom is -0.442 e. The lowest BCUT2D eigenvalue weighted by atomic mass is 10.2. The first-order valence-corrected chi connectivity index (χ1v) is 23.3. The average Bonchev–Trinajstić information content (AvgIpc) is 3.92. The summed E-state index contributed by atoms with van der Waals surface area (Å²) in [6, 6.07) is 17.1. The first-order chi connectivity index (χ1) is 35.3. The lowest BCUT2D eigenvalue weighted by Crippen LogP contribution is -2.40. The minimum absolute atomic E-state index is 0. The van der Waals surface area contributed by atoms with Crippen LogP contribution in [0.1, 0.15) is 54.8 Å². The number of hydrogen-bond acceptors (Lipinski definition) is 14. The highest BCUT2D eigenvalue weighted by Gasteiger charge is 2.33. The van der Waals surface area contributed by atoms with E-state index in [1.807, 2.05) is 38.2 Å². The van der Waals surface area contributed by atoms with Gasteiger partial charge in [0, 0.05) is 51.7 Å². The van der Waals surface area contributed by atoms with E-state index in [4.69, 9.17) is 21.1 Å². The molecule has 0 saturated carbocycles. The normalized spacial score (nSPS) is 12.8. The minimum atomic E-state index is -4.89. The Morgan fingerprint density at radius 2 is 1.16 bits per heavy atom. The number of aliphatic hydroxyl groups is 2. The number of halogens is 8. The fourth-order valence-corrected chi connectivity index (χ4v) is 7.29. The van der Waals surface area contributed by atoms with Crippen molar-refractivity contribution in [2.75, 3.05) is 0 Å². The van der Waals surface area contributed by atoms with Gasteiger partial charge in [-0.2, -0.15) is 9.98 Å². The Bertz CT molecular complexity index is 3410. The van der Waals surface area contributed by atoms with Gasteiger partial charge in [0.05, 0.1) is 48.0 Å². The maximum atomic E-state index is 13.4. The highest BCUT2D eigenvalue weighted by Crippen LogP contribution is 2.31. The summed E-state index contributed by atoms with van der Waals surface area (Å²) in [6.45, 7) is 7.01. The highest BCUT2D eigenvalue weighted by atomic mass is 35.5. The van der Waals surface area contributed by atoms with E-state index in [2.05, 4.69) is 29.4 Å². The van der Waals surface area contributed by atoms with Crippen LogP contribution in [0.5, 0.6) is 29.0 Å². The van der Waals surface area contributed by atoms with Crippen molar-refractivity contribution in [2.24, 2.45) is 19.1 Å². The second-order valence-corrected chi connectivity index (χ2v) is 17.3. The molecule has 19 nitrogen and oxygen atoms in total. The fourth-order valence-electron chi connectivity index (χ4n) is 7.13. The number of ether oxygens (including phenoxy) is 4. The van der Waals surface area contributed by atoms with Gasteiger partial charge in [0.25, 0.3) is 11.1 Å². The van der Waals surface area contributed by atoms with Crippen LogP contribution < -0.4 is 41.4 Å². The van der Waals surface area contributed by atoms with Crippen LogP contribution in [0.3, 0.4) is 0 Å². The van der Waals surface area contributed by atoms with Gasteiger partial charge in [-0.05, 0) is 88.1 Å². The predicted molar refractivity (Wildman–Crippen MR) is 269 cm³/mol. The number of aromatic nitrogens is 8. The molecule has 0 amide bonds. The third-order valence-electron chi connectivity index (χ3n) is 10.8. The van der Waals surface area contributed by atoms with Crippen molar-refractivity contribution in [2.45, 2.75) is 97.4 Å². The SMILES string of the molecule is CC(O)CCn1c(=O)c2c(n(C)c1=O)N=C(Oc1cccc(OC(F)(F)F)c1)C2.Cc1ccc(CCl)nc1.Cc1ccc(Cn2c(Oc3cccc(OC(F)(F)F)c3)nc3c2c(=O)n(CCC(C)O)c(=O)n3C)nc1.Cl. The number of nitrogens with zero attached hydrogens (tertiary/aromatic N) is 9. The van der Waals surface area contributed by atoms with Crippen molar-refractivity contribution < 1.29 is 55.5 Å². The molecule has 2 N–H and O–H groups in total. The number of benzene rings is 2. The summed E-state index contributed by atoms with van der Waals surface area (Å²) < 4.78 is 100. The van der Waals surface area contributed by atoms with Crippen molar-refractivity contribution in [1.82, 2.24) is 37.8 Å². The van der Waals surface area contributed by atoms with E-state index in [1.165, 1.54) is 57.6 Å². The van der Waals surface area contributed by atoms with E-state index in [9.17, 15) is 55.7 Å². The van der Waals surface area contributed by atoms with Crippen molar-refractivity contribution in [3.63, 3.8) is 0 Å². The number of pyridine rings is 2. The van der Waals surface area contributed by atoms with Gasteiger partial charge in [-0.1, -0.05) is 24.3 Å². The molecule has 6 heterocycles. The number of imidazole rings is 1.